The highest BCUT2D eigenvalue weighted by Gasteiger charge is 2.13. The summed E-state index contributed by atoms with van der Waals surface area (Å²) in [5.74, 6) is 0.896. The molecule has 0 bridgehead atoms. The van der Waals surface area contributed by atoms with Crippen LogP contribution in [0.2, 0.25) is 0 Å². The number of carbonyl (C=O) groups excluding carboxylic acids is 1. The zero-order valence-electron chi connectivity index (χ0n) is 11.2. The second-order valence-corrected chi connectivity index (χ2v) is 5.03. The van der Waals surface area contributed by atoms with Gasteiger partial charge in [0.1, 0.15) is 0 Å². The van der Waals surface area contributed by atoms with Gasteiger partial charge in [-0.05, 0) is 36.9 Å². The van der Waals surface area contributed by atoms with Crippen LogP contribution in [0.4, 0.5) is 0 Å². The summed E-state index contributed by atoms with van der Waals surface area (Å²) in [5.41, 5.74) is 6.56. The highest BCUT2D eigenvalue weighted by Crippen LogP contribution is 2.13. The number of carbonyl (C=O) groups is 1. The van der Waals surface area contributed by atoms with E-state index in [-0.39, 0.29) is 11.8 Å². The molecule has 0 saturated carbocycles. The molecule has 0 fully saturated rings. The van der Waals surface area contributed by atoms with Crippen molar-refractivity contribution in [2.75, 3.05) is 6.54 Å². The van der Waals surface area contributed by atoms with Gasteiger partial charge >= 0.3 is 0 Å². The lowest BCUT2D eigenvalue weighted by atomic mass is 9.94. The van der Waals surface area contributed by atoms with E-state index in [1.807, 2.05) is 18.2 Å². The lowest BCUT2D eigenvalue weighted by Gasteiger charge is -2.16. The lowest BCUT2D eigenvalue weighted by Crippen LogP contribution is -2.28. The number of hydrogen-bond donors (Lipinski definition) is 2. The predicted octanol–water partition coefficient (Wildman–Crippen LogP) is 1.71. The van der Waals surface area contributed by atoms with E-state index >= 15 is 0 Å². The summed E-state index contributed by atoms with van der Waals surface area (Å²) in [6.07, 6.45) is 3.22. The molecule has 0 aromatic carbocycles. The molecule has 0 saturated heterocycles. The Kier molecular flexibility index (Phi) is 6.36. The fourth-order valence-electron chi connectivity index (χ4n) is 1.96. The predicted molar refractivity (Wildman–Crippen MR) is 72.7 cm³/mol. The fraction of sp³-hybridized carbons (Fsp3) is 0.571. The van der Waals surface area contributed by atoms with Gasteiger partial charge in [0.15, 0.2) is 0 Å². The average molecular weight is 249 g/mol. The number of aromatic nitrogens is 1. The van der Waals surface area contributed by atoms with Crippen molar-refractivity contribution in [2.45, 2.75) is 33.2 Å². The molecule has 1 unspecified atom stereocenters. The van der Waals surface area contributed by atoms with Crippen molar-refractivity contribution in [3.63, 3.8) is 0 Å². The lowest BCUT2D eigenvalue weighted by molar-refractivity contribution is -0.122. The highest BCUT2D eigenvalue weighted by molar-refractivity contribution is 5.76. The van der Waals surface area contributed by atoms with Crippen molar-refractivity contribution in [3.05, 3.63) is 30.1 Å². The van der Waals surface area contributed by atoms with Crippen molar-refractivity contribution >= 4 is 5.91 Å². The van der Waals surface area contributed by atoms with Gasteiger partial charge in [0, 0.05) is 12.6 Å². The summed E-state index contributed by atoms with van der Waals surface area (Å²) < 4.78 is 0. The molecule has 4 heteroatoms. The zero-order valence-corrected chi connectivity index (χ0v) is 11.2. The van der Waals surface area contributed by atoms with Crippen LogP contribution in [0.25, 0.3) is 0 Å². The number of nitrogens with one attached hydrogen (secondary N) is 1. The minimum atomic E-state index is 0.0525. The van der Waals surface area contributed by atoms with Gasteiger partial charge in [-0.1, -0.05) is 19.9 Å². The van der Waals surface area contributed by atoms with Crippen LogP contribution < -0.4 is 11.1 Å². The molecule has 100 valence electrons. The molecule has 3 N–H and O–H groups in total. The molecule has 0 aliphatic carbocycles. The molecule has 1 heterocycles. The molecule has 18 heavy (non-hydrogen) atoms. The van der Waals surface area contributed by atoms with Gasteiger partial charge in [0.25, 0.3) is 0 Å². The molecule has 1 aromatic rings. The molecule has 0 radical (unpaired) electrons. The zero-order chi connectivity index (χ0) is 13.4. The average Bonchev–Trinajstić information content (AvgIpc) is 2.36. The van der Waals surface area contributed by atoms with Crippen LogP contribution in [0, 0.1) is 11.8 Å². The monoisotopic (exact) mass is 249 g/mol. The summed E-state index contributed by atoms with van der Waals surface area (Å²) >= 11 is 0. The van der Waals surface area contributed by atoms with E-state index in [0.29, 0.717) is 25.4 Å². The first kappa shape index (κ1) is 14.6. The Labute approximate surface area is 109 Å². The second-order valence-electron chi connectivity index (χ2n) is 5.03. The van der Waals surface area contributed by atoms with Crippen molar-refractivity contribution in [1.82, 2.24) is 10.3 Å². The van der Waals surface area contributed by atoms with Crippen LogP contribution >= 0.6 is 0 Å². The Hall–Kier alpha value is -1.42. The van der Waals surface area contributed by atoms with Gasteiger partial charge in [-0.3, -0.25) is 9.78 Å². The number of nitrogens with zero attached hydrogens (tertiary/aromatic N) is 1. The van der Waals surface area contributed by atoms with E-state index in [0.717, 1.165) is 12.1 Å². The molecular weight excluding hydrogens is 226 g/mol. The Bertz CT molecular complexity index is 351. The maximum absolute atomic E-state index is 11.8. The van der Waals surface area contributed by atoms with Crippen molar-refractivity contribution < 1.29 is 4.79 Å². The van der Waals surface area contributed by atoms with E-state index in [2.05, 4.69) is 24.1 Å². The Morgan fingerprint density at radius 3 is 2.78 bits per heavy atom. The van der Waals surface area contributed by atoms with E-state index < -0.39 is 0 Å². The van der Waals surface area contributed by atoms with Crippen molar-refractivity contribution in [2.24, 2.45) is 17.6 Å². The van der Waals surface area contributed by atoms with Crippen LogP contribution in [-0.2, 0) is 11.3 Å². The summed E-state index contributed by atoms with van der Waals surface area (Å²) in [4.78, 5) is 15.9. The third kappa shape index (κ3) is 5.77. The standard InChI is InChI=1S/C14H23N3O/c1-11(2)7-12(9-15)8-14(18)17-10-13-5-3-4-6-16-13/h3-6,11-12H,7-10,15H2,1-2H3,(H,17,18). The molecule has 1 amide bonds. The van der Waals surface area contributed by atoms with E-state index in [1.54, 1.807) is 6.20 Å². The Morgan fingerprint density at radius 2 is 2.22 bits per heavy atom. The van der Waals surface area contributed by atoms with Crippen LogP contribution in [0.1, 0.15) is 32.4 Å². The second kappa shape index (κ2) is 7.82. The summed E-state index contributed by atoms with van der Waals surface area (Å²) in [6, 6.07) is 5.67. The normalized spacial score (nSPS) is 12.4. The van der Waals surface area contributed by atoms with Crippen molar-refractivity contribution in [3.8, 4) is 0 Å². The molecule has 1 aromatic heterocycles. The molecule has 4 nitrogen and oxygen atoms in total. The largest absolute Gasteiger partial charge is 0.350 e. The van der Waals surface area contributed by atoms with E-state index in [9.17, 15) is 4.79 Å². The van der Waals surface area contributed by atoms with Gasteiger partial charge in [0.2, 0.25) is 5.91 Å². The Morgan fingerprint density at radius 1 is 1.44 bits per heavy atom. The topological polar surface area (TPSA) is 68.0 Å². The smallest absolute Gasteiger partial charge is 0.220 e. The minimum Gasteiger partial charge on any atom is -0.350 e. The third-order valence-corrected chi connectivity index (χ3v) is 2.80. The van der Waals surface area contributed by atoms with Crippen LogP contribution in [0.15, 0.2) is 24.4 Å². The van der Waals surface area contributed by atoms with Crippen LogP contribution in [0.5, 0.6) is 0 Å². The van der Waals surface area contributed by atoms with Crippen LogP contribution in [0.3, 0.4) is 0 Å². The SMILES string of the molecule is CC(C)CC(CN)CC(=O)NCc1ccccn1. The third-order valence-electron chi connectivity index (χ3n) is 2.80. The molecule has 1 atom stereocenters. The van der Waals surface area contributed by atoms with Crippen LogP contribution in [-0.4, -0.2) is 17.4 Å². The van der Waals surface area contributed by atoms with E-state index in [1.165, 1.54) is 0 Å². The number of amides is 1. The van der Waals surface area contributed by atoms with Gasteiger partial charge in [-0.25, -0.2) is 0 Å². The maximum Gasteiger partial charge on any atom is 0.220 e. The molecule has 0 aliphatic rings. The molecular formula is C14H23N3O. The highest BCUT2D eigenvalue weighted by atomic mass is 16.1. The number of rotatable bonds is 7. The number of pyridine rings is 1. The summed E-state index contributed by atoms with van der Waals surface area (Å²) in [5, 5.41) is 2.88. The quantitative estimate of drug-likeness (QED) is 0.773. The van der Waals surface area contributed by atoms with Gasteiger partial charge in [-0.2, -0.15) is 0 Å². The van der Waals surface area contributed by atoms with Gasteiger partial charge in [-0.15, -0.1) is 0 Å². The molecule has 1 rings (SSSR count). The van der Waals surface area contributed by atoms with E-state index in [4.69, 9.17) is 5.73 Å². The Balaban J connectivity index is 2.32. The first-order chi connectivity index (χ1) is 8.61. The van der Waals surface area contributed by atoms with Crippen molar-refractivity contribution in [1.29, 1.82) is 0 Å². The van der Waals surface area contributed by atoms with Gasteiger partial charge < -0.3 is 11.1 Å². The summed E-state index contributed by atoms with van der Waals surface area (Å²) in [7, 11) is 0. The fourth-order valence-corrected chi connectivity index (χ4v) is 1.96. The number of nitrogens with two attached hydrogens (primary N) is 1. The molecule has 0 aliphatic heterocycles. The minimum absolute atomic E-state index is 0.0525. The van der Waals surface area contributed by atoms with Gasteiger partial charge in [0.05, 0.1) is 12.2 Å². The molecule has 0 spiro atoms. The summed E-state index contributed by atoms with van der Waals surface area (Å²) in [6.45, 7) is 5.34. The first-order valence-electron chi connectivity index (χ1n) is 6.48. The number of hydrogen-bond acceptors (Lipinski definition) is 3. The maximum atomic E-state index is 11.8. The first-order valence-corrected chi connectivity index (χ1v) is 6.48.